The molecule has 0 bridgehead atoms. The molecule has 0 saturated heterocycles. The Bertz CT molecular complexity index is 503. The third-order valence-electron chi connectivity index (χ3n) is 4.02. The van der Waals surface area contributed by atoms with E-state index in [1.807, 2.05) is 0 Å². The minimum atomic E-state index is -1.48. The van der Waals surface area contributed by atoms with E-state index in [-0.39, 0.29) is 5.92 Å². The van der Waals surface area contributed by atoms with Crippen molar-refractivity contribution in [2.75, 3.05) is 0 Å². The molecule has 7 heteroatoms. The normalized spacial score (nSPS) is 22.2. The van der Waals surface area contributed by atoms with E-state index < -0.39 is 34.7 Å². The minimum Gasteiger partial charge on any atom is -0.446 e. The Morgan fingerprint density at radius 2 is 1.68 bits per heavy atom. The molecule has 1 unspecified atom stereocenters. The number of carbonyl (C=O) groups excluding carboxylic acids is 3. The van der Waals surface area contributed by atoms with Crippen LogP contribution in [0.2, 0.25) is 0 Å². The van der Waals surface area contributed by atoms with Gasteiger partial charge in [0, 0.05) is 12.8 Å². The van der Waals surface area contributed by atoms with Crippen molar-refractivity contribution in [2.24, 2.45) is 11.7 Å². The highest BCUT2D eigenvalue weighted by Gasteiger charge is 2.72. The number of rotatable bonds is 5. The third-order valence-corrected chi connectivity index (χ3v) is 4.02. The van der Waals surface area contributed by atoms with E-state index in [1.54, 1.807) is 20.8 Å². The number of amides is 2. The molecule has 2 fully saturated rings. The maximum absolute atomic E-state index is 12.1. The minimum absolute atomic E-state index is 0.147. The van der Waals surface area contributed by atoms with Gasteiger partial charge >= 0.3 is 12.1 Å². The Morgan fingerprint density at radius 1 is 1.14 bits per heavy atom. The van der Waals surface area contributed by atoms with Crippen molar-refractivity contribution in [3.63, 3.8) is 0 Å². The van der Waals surface area contributed by atoms with Crippen molar-refractivity contribution in [3.05, 3.63) is 0 Å². The second kappa shape index (κ2) is 5.14. The number of esters is 1. The van der Waals surface area contributed by atoms with Crippen LogP contribution in [0.3, 0.4) is 0 Å². The third kappa shape index (κ3) is 3.03. The van der Waals surface area contributed by atoms with E-state index in [2.05, 4.69) is 5.32 Å². The van der Waals surface area contributed by atoms with Crippen LogP contribution < -0.4 is 11.1 Å². The van der Waals surface area contributed by atoms with Crippen molar-refractivity contribution in [2.45, 2.75) is 70.1 Å². The van der Waals surface area contributed by atoms with Gasteiger partial charge in [0.15, 0.2) is 0 Å². The first-order valence-corrected chi connectivity index (χ1v) is 7.53. The molecule has 7 nitrogen and oxygen atoms in total. The van der Waals surface area contributed by atoms with Crippen LogP contribution in [0.4, 0.5) is 4.79 Å². The summed E-state index contributed by atoms with van der Waals surface area (Å²) in [4.78, 5) is 35.7. The SMILES string of the molecule is CC(=O)OC(C(N)=O)(C1CC1)C1(NC(=O)OC(C)(C)C)CC1. The van der Waals surface area contributed by atoms with Gasteiger partial charge in [-0.15, -0.1) is 0 Å². The van der Waals surface area contributed by atoms with Gasteiger partial charge in [0.1, 0.15) is 5.60 Å². The van der Waals surface area contributed by atoms with Gasteiger partial charge in [-0.25, -0.2) is 4.79 Å². The smallest absolute Gasteiger partial charge is 0.408 e. The fourth-order valence-electron chi connectivity index (χ4n) is 2.99. The number of hydrogen-bond donors (Lipinski definition) is 2. The molecule has 0 aromatic heterocycles. The predicted octanol–water partition coefficient (Wildman–Crippen LogP) is 1.24. The molecule has 0 aromatic carbocycles. The number of primary amides is 1. The molecule has 2 rings (SSSR count). The lowest BCUT2D eigenvalue weighted by atomic mass is 9.85. The number of nitrogens with one attached hydrogen (secondary N) is 1. The Labute approximate surface area is 129 Å². The highest BCUT2D eigenvalue weighted by atomic mass is 16.6. The van der Waals surface area contributed by atoms with Gasteiger partial charge in [0.25, 0.3) is 5.91 Å². The molecule has 0 heterocycles. The van der Waals surface area contributed by atoms with Crippen LogP contribution in [0.5, 0.6) is 0 Å². The Morgan fingerprint density at radius 3 is 2.00 bits per heavy atom. The van der Waals surface area contributed by atoms with Gasteiger partial charge in [-0.05, 0) is 46.5 Å². The van der Waals surface area contributed by atoms with Crippen LogP contribution in [0, 0.1) is 5.92 Å². The number of carbonyl (C=O) groups is 3. The van der Waals surface area contributed by atoms with E-state index in [1.165, 1.54) is 6.92 Å². The first-order valence-electron chi connectivity index (χ1n) is 7.53. The second-order valence-electron chi connectivity index (χ2n) is 7.18. The topological polar surface area (TPSA) is 108 Å². The van der Waals surface area contributed by atoms with Crippen molar-refractivity contribution < 1.29 is 23.9 Å². The van der Waals surface area contributed by atoms with E-state index in [0.29, 0.717) is 12.8 Å². The molecule has 124 valence electrons. The van der Waals surface area contributed by atoms with Gasteiger partial charge in [-0.1, -0.05) is 0 Å². The van der Waals surface area contributed by atoms with Crippen LogP contribution in [0.15, 0.2) is 0 Å². The van der Waals surface area contributed by atoms with E-state index in [4.69, 9.17) is 15.2 Å². The lowest BCUT2D eigenvalue weighted by molar-refractivity contribution is -0.174. The van der Waals surface area contributed by atoms with Crippen molar-refractivity contribution in [1.29, 1.82) is 0 Å². The monoisotopic (exact) mass is 312 g/mol. The molecule has 0 aromatic rings. The first kappa shape index (κ1) is 16.6. The van der Waals surface area contributed by atoms with Gasteiger partial charge in [0.2, 0.25) is 5.60 Å². The predicted molar refractivity (Wildman–Crippen MR) is 77.8 cm³/mol. The second-order valence-corrected chi connectivity index (χ2v) is 7.18. The van der Waals surface area contributed by atoms with Crippen LogP contribution in [-0.4, -0.2) is 34.7 Å². The van der Waals surface area contributed by atoms with Gasteiger partial charge in [-0.2, -0.15) is 0 Å². The maximum atomic E-state index is 12.1. The average Bonchev–Trinajstić information content (AvgIpc) is 3.17. The lowest BCUT2D eigenvalue weighted by Gasteiger charge is -2.38. The summed E-state index contributed by atoms with van der Waals surface area (Å²) in [6, 6.07) is 0. The molecule has 2 aliphatic rings. The molecule has 2 saturated carbocycles. The molecule has 3 N–H and O–H groups in total. The molecule has 0 radical (unpaired) electrons. The molecule has 2 amide bonds. The van der Waals surface area contributed by atoms with E-state index in [9.17, 15) is 14.4 Å². The van der Waals surface area contributed by atoms with E-state index in [0.717, 1.165) is 12.8 Å². The molecule has 0 aliphatic heterocycles. The van der Waals surface area contributed by atoms with E-state index >= 15 is 0 Å². The van der Waals surface area contributed by atoms with Crippen LogP contribution >= 0.6 is 0 Å². The number of ether oxygens (including phenoxy) is 2. The highest BCUT2D eigenvalue weighted by molar-refractivity contribution is 5.90. The van der Waals surface area contributed by atoms with Gasteiger partial charge < -0.3 is 20.5 Å². The molecule has 0 spiro atoms. The summed E-state index contributed by atoms with van der Waals surface area (Å²) < 4.78 is 10.6. The fourth-order valence-corrected chi connectivity index (χ4v) is 2.99. The van der Waals surface area contributed by atoms with Crippen LogP contribution in [0.25, 0.3) is 0 Å². The quantitative estimate of drug-likeness (QED) is 0.743. The van der Waals surface area contributed by atoms with Crippen molar-refractivity contribution in [1.82, 2.24) is 5.32 Å². The van der Waals surface area contributed by atoms with Crippen LogP contribution in [0.1, 0.15) is 53.4 Å². The molecular weight excluding hydrogens is 288 g/mol. The molecule has 22 heavy (non-hydrogen) atoms. The Hall–Kier alpha value is -1.79. The Kier molecular flexibility index (Phi) is 3.87. The summed E-state index contributed by atoms with van der Waals surface area (Å²) >= 11 is 0. The number of hydrogen-bond acceptors (Lipinski definition) is 5. The lowest BCUT2D eigenvalue weighted by Crippen LogP contribution is -2.65. The molecular formula is C15H24N2O5. The highest BCUT2D eigenvalue weighted by Crippen LogP contribution is 2.57. The standard InChI is InChI=1S/C15H24N2O5/c1-9(18)21-15(11(16)19,10-5-6-10)14(7-8-14)17-12(20)22-13(2,3)4/h10H,5-8H2,1-4H3,(H2,16,19)(H,17,20). The van der Waals surface area contributed by atoms with Crippen molar-refractivity contribution in [3.8, 4) is 0 Å². The summed E-state index contributed by atoms with van der Waals surface area (Å²) in [6.07, 6.45) is 1.91. The average molecular weight is 312 g/mol. The zero-order valence-corrected chi connectivity index (χ0v) is 13.5. The first-order chi connectivity index (χ1) is 10.0. The zero-order valence-electron chi connectivity index (χ0n) is 13.5. The summed E-state index contributed by atoms with van der Waals surface area (Å²) in [6.45, 7) is 6.49. The summed E-state index contributed by atoms with van der Waals surface area (Å²) in [5, 5.41) is 2.73. The summed E-state index contributed by atoms with van der Waals surface area (Å²) in [7, 11) is 0. The largest absolute Gasteiger partial charge is 0.446 e. The molecule has 2 aliphatic carbocycles. The zero-order chi connectivity index (χ0) is 16.8. The molecule has 1 atom stereocenters. The van der Waals surface area contributed by atoms with Gasteiger partial charge in [-0.3, -0.25) is 9.59 Å². The van der Waals surface area contributed by atoms with Crippen LogP contribution in [-0.2, 0) is 19.1 Å². The fraction of sp³-hybridized carbons (Fsp3) is 0.800. The maximum Gasteiger partial charge on any atom is 0.408 e. The number of alkyl carbamates (subject to hydrolysis) is 1. The summed E-state index contributed by atoms with van der Waals surface area (Å²) in [5.41, 5.74) is 2.50. The number of nitrogens with two attached hydrogens (primary N) is 1. The van der Waals surface area contributed by atoms with Crippen molar-refractivity contribution >= 4 is 18.0 Å². The Balaban J connectivity index is 2.25. The summed E-state index contributed by atoms with van der Waals surface area (Å²) in [5.74, 6) is -1.44. The van der Waals surface area contributed by atoms with Gasteiger partial charge in [0.05, 0.1) is 5.54 Å².